The number of aromatic amines is 1. The van der Waals surface area contributed by atoms with Crippen molar-refractivity contribution in [3.8, 4) is 11.5 Å². The summed E-state index contributed by atoms with van der Waals surface area (Å²) in [5, 5.41) is 12.5. The number of nitrogens with one attached hydrogen (secondary N) is 2. The molecule has 32 heavy (non-hydrogen) atoms. The topological polar surface area (TPSA) is 104 Å². The number of hydrogen-bond donors (Lipinski definition) is 2. The summed E-state index contributed by atoms with van der Waals surface area (Å²) in [7, 11) is 0. The second-order valence-corrected chi connectivity index (χ2v) is 8.51. The molecule has 162 valence electrons. The first-order valence-electron chi connectivity index (χ1n) is 10.4. The number of fused-ring (bicyclic) bond motifs is 1. The van der Waals surface area contributed by atoms with Gasteiger partial charge in [0.2, 0.25) is 11.8 Å². The van der Waals surface area contributed by atoms with Gasteiger partial charge in [0.15, 0.2) is 0 Å². The number of rotatable bonds is 7. The maximum Gasteiger partial charge on any atom is 0.276 e. The van der Waals surface area contributed by atoms with E-state index < -0.39 is 0 Å². The molecule has 8 nitrogen and oxygen atoms in total. The fraction of sp³-hybridized carbons (Fsp3) is 0.217. The van der Waals surface area contributed by atoms with Crippen LogP contribution in [0.5, 0.6) is 0 Å². The maximum atomic E-state index is 12.3. The molecule has 1 saturated heterocycles. The van der Waals surface area contributed by atoms with E-state index in [9.17, 15) is 9.59 Å². The Kier molecular flexibility index (Phi) is 5.64. The van der Waals surface area contributed by atoms with E-state index in [0.29, 0.717) is 35.4 Å². The number of para-hydroxylation sites is 1. The Morgan fingerprint density at radius 3 is 2.81 bits per heavy atom. The van der Waals surface area contributed by atoms with Crippen molar-refractivity contribution >= 4 is 45.9 Å². The number of thioether (sulfide) groups is 1. The molecule has 4 aromatic rings. The van der Waals surface area contributed by atoms with Crippen molar-refractivity contribution in [1.29, 1.82) is 0 Å². The third-order valence-corrected chi connectivity index (χ3v) is 6.14. The Morgan fingerprint density at radius 1 is 1.16 bits per heavy atom. The van der Waals surface area contributed by atoms with E-state index in [0.717, 1.165) is 35.1 Å². The predicted molar refractivity (Wildman–Crippen MR) is 124 cm³/mol. The Bertz CT molecular complexity index is 1260. The first-order valence-corrected chi connectivity index (χ1v) is 11.4. The van der Waals surface area contributed by atoms with Gasteiger partial charge in [0.1, 0.15) is 0 Å². The van der Waals surface area contributed by atoms with Crippen LogP contribution >= 0.6 is 11.8 Å². The van der Waals surface area contributed by atoms with Gasteiger partial charge in [-0.3, -0.25) is 9.59 Å². The molecule has 1 aliphatic heterocycles. The van der Waals surface area contributed by atoms with Crippen molar-refractivity contribution in [2.45, 2.75) is 24.5 Å². The summed E-state index contributed by atoms with van der Waals surface area (Å²) in [6.45, 7) is 0.749. The quantitative estimate of drug-likeness (QED) is 0.405. The van der Waals surface area contributed by atoms with Crippen LogP contribution in [0, 0.1) is 0 Å². The summed E-state index contributed by atoms with van der Waals surface area (Å²) in [6.07, 6.45) is 3.64. The van der Waals surface area contributed by atoms with Crippen LogP contribution in [0.2, 0.25) is 0 Å². The van der Waals surface area contributed by atoms with Crippen LogP contribution in [-0.4, -0.2) is 39.3 Å². The number of nitrogens with zero attached hydrogens (tertiary/aromatic N) is 3. The minimum Gasteiger partial charge on any atom is -0.411 e. The standard InChI is InChI=1S/C23H21N5O3S/c29-20(25-15-7-9-16(10-8-15)28-12-3-6-21(28)30)11-13-32-23-27-26-22(31-23)18-14-24-19-5-2-1-4-17(18)19/h1-2,4-5,7-10,14,24H,3,6,11-13H2,(H,25,29). The highest BCUT2D eigenvalue weighted by Gasteiger charge is 2.21. The Hall–Kier alpha value is -3.59. The molecule has 2 amide bonds. The molecule has 3 heterocycles. The normalized spacial score (nSPS) is 13.8. The minimum atomic E-state index is -0.0983. The smallest absolute Gasteiger partial charge is 0.276 e. The largest absolute Gasteiger partial charge is 0.411 e. The van der Waals surface area contributed by atoms with E-state index in [4.69, 9.17) is 4.42 Å². The van der Waals surface area contributed by atoms with Crippen LogP contribution in [0.1, 0.15) is 19.3 Å². The zero-order valence-electron chi connectivity index (χ0n) is 17.2. The van der Waals surface area contributed by atoms with Crippen LogP contribution in [0.3, 0.4) is 0 Å². The molecule has 2 aromatic carbocycles. The van der Waals surface area contributed by atoms with Crippen LogP contribution in [-0.2, 0) is 9.59 Å². The van der Waals surface area contributed by atoms with Crippen LogP contribution in [0.25, 0.3) is 22.4 Å². The first kappa shape index (κ1) is 20.3. The molecule has 1 fully saturated rings. The van der Waals surface area contributed by atoms with Gasteiger partial charge >= 0.3 is 0 Å². The molecule has 2 aromatic heterocycles. The monoisotopic (exact) mass is 447 g/mol. The minimum absolute atomic E-state index is 0.0983. The SMILES string of the molecule is O=C(CCSc1nnc(-c2c[nH]c3ccccc23)o1)Nc1ccc(N2CCCC2=O)cc1. The highest BCUT2D eigenvalue weighted by Crippen LogP contribution is 2.29. The number of anilines is 2. The second-order valence-electron chi connectivity index (χ2n) is 7.46. The van der Waals surface area contributed by atoms with Crippen molar-refractivity contribution in [3.05, 3.63) is 54.7 Å². The summed E-state index contributed by atoms with van der Waals surface area (Å²) < 4.78 is 5.76. The fourth-order valence-corrected chi connectivity index (χ4v) is 4.42. The molecule has 9 heteroatoms. The van der Waals surface area contributed by atoms with E-state index in [1.807, 2.05) is 54.7 Å². The van der Waals surface area contributed by atoms with Gasteiger partial charge in [-0.2, -0.15) is 0 Å². The lowest BCUT2D eigenvalue weighted by Gasteiger charge is -2.16. The van der Waals surface area contributed by atoms with E-state index in [2.05, 4.69) is 20.5 Å². The number of amides is 2. The van der Waals surface area contributed by atoms with Crippen LogP contribution in [0.4, 0.5) is 11.4 Å². The Balaban J connectivity index is 1.13. The first-order chi connectivity index (χ1) is 15.7. The molecule has 2 N–H and O–H groups in total. The number of H-pyrrole nitrogens is 1. The van der Waals surface area contributed by atoms with Gasteiger partial charge in [-0.15, -0.1) is 10.2 Å². The van der Waals surface area contributed by atoms with Gasteiger partial charge < -0.3 is 19.6 Å². The highest BCUT2D eigenvalue weighted by molar-refractivity contribution is 7.99. The molecule has 0 atom stereocenters. The average Bonchev–Trinajstić information content (AvgIpc) is 3.54. The van der Waals surface area contributed by atoms with Crippen molar-refractivity contribution in [2.24, 2.45) is 0 Å². The molecule has 0 aliphatic carbocycles. The van der Waals surface area contributed by atoms with Crippen LogP contribution < -0.4 is 10.2 Å². The van der Waals surface area contributed by atoms with E-state index in [1.54, 1.807) is 4.90 Å². The zero-order chi connectivity index (χ0) is 21.9. The number of carbonyl (C=O) groups is 2. The van der Waals surface area contributed by atoms with Gasteiger partial charge in [-0.1, -0.05) is 30.0 Å². The Morgan fingerprint density at radius 2 is 2.00 bits per heavy atom. The lowest BCUT2D eigenvalue weighted by Crippen LogP contribution is -2.23. The molecular formula is C23H21N5O3S. The molecule has 5 rings (SSSR count). The molecular weight excluding hydrogens is 426 g/mol. The van der Waals surface area contributed by atoms with Crippen LogP contribution in [0.15, 0.2) is 64.4 Å². The molecule has 1 aliphatic rings. The maximum absolute atomic E-state index is 12.3. The van der Waals surface area contributed by atoms with E-state index >= 15 is 0 Å². The van der Waals surface area contributed by atoms with Gasteiger partial charge in [-0.05, 0) is 36.8 Å². The fourth-order valence-electron chi connectivity index (χ4n) is 3.73. The third kappa shape index (κ3) is 4.24. The average molecular weight is 448 g/mol. The van der Waals surface area contributed by atoms with Crippen molar-refractivity contribution in [1.82, 2.24) is 15.2 Å². The van der Waals surface area contributed by atoms with Gasteiger partial charge in [-0.25, -0.2) is 0 Å². The third-order valence-electron chi connectivity index (χ3n) is 5.32. The molecule has 0 bridgehead atoms. The second kappa shape index (κ2) is 8.88. The van der Waals surface area contributed by atoms with Gasteiger partial charge in [0.05, 0.1) is 5.56 Å². The summed E-state index contributed by atoms with van der Waals surface area (Å²) in [6, 6.07) is 15.3. The van der Waals surface area contributed by atoms with Gasteiger partial charge in [0, 0.05) is 53.6 Å². The molecule has 0 unspecified atom stereocenters. The summed E-state index contributed by atoms with van der Waals surface area (Å²) in [5.41, 5.74) is 3.43. The van der Waals surface area contributed by atoms with Crippen molar-refractivity contribution in [2.75, 3.05) is 22.5 Å². The zero-order valence-corrected chi connectivity index (χ0v) is 18.0. The number of hydrogen-bond acceptors (Lipinski definition) is 6. The lowest BCUT2D eigenvalue weighted by atomic mass is 10.2. The summed E-state index contributed by atoms with van der Waals surface area (Å²) in [5.74, 6) is 1.01. The summed E-state index contributed by atoms with van der Waals surface area (Å²) in [4.78, 5) is 29.1. The van der Waals surface area contributed by atoms with Crippen molar-refractivity contribution < 1.29 is 14.0 Å². The van der Waals surface area contributed by atoms with E-state index in [1.165, 1.54) is 11.8 Å². The van der Waals surface area contributed by atoms with Crippen molar-refractivity contribution in [3.63, 3.8) is 0 Å². The highest BCUT2D eigenvalue weighted by atomic mass is 32.2. The molecule has 0 radical (unpaired) electrons. The molecule has 0 spiro atoms. The predicted octanol–water partition coefficient (Wildman–Crippen LogP) is 4.47. The number of carbonyl (C=O) groups excluding carboxylic acids is 2. The molecule has 0 saturated carbocycles. The summed E-state index contributed by atoms with van der Waals surface area (Å²) >= 11 is 1.35. The van der Waals surface area contributed by atoms with Gasteiger partial charge in [0.25, 0.3) is 11.1 Å². The number of aromatic nitrogens is 3. The number of benzene rings is 2. The lowest BCUT2D eigenvalue weighted by molar-refractivity contribution is -0.117. The van der Waals surface area contributed by atoms with E-state index in [-0.39, 0.29) is 11.8 Å². The Labute approximate surface area is 188 Å².